The van der Waals surface area contributed by atoms with Crippen LogP contribution in [0.4, 0.5) is 5.13 Å². The lowest BCUT2D eigenvalue weighted by Gasteiger charge is -2.28. The summed E-state index contributed by atoms with van der Waals surface area (Å²) in [7, 11) is 0.270. The Balaban J connectivity index is 1.65. The summed E-state index contributed by atoms with van der Waals surface area (Å²) in [6.45, 7) is 4.14. The maximum atomic E-state index is 13.8. The number of sulfonamides is 1. The van der Waals surface area contributed by atoms with E-state index in [0.29, 0.717) is 37.7 Å². The van der Waals surface area contributed by atoms with Gasteiger partial charge in [0.25, 0.3) is 10.0 Å². The molecule has 1 aromatic carbocycles. The lowest BCUT2D eigenvalue weighted by atomic mass is 10.2. The lowest BCUT2D eigenvalue weighted by molar-refractivity contribution is -0.121. The van der Waals surface area contributed by atoms with E-state index in [9.17, 15) is 13.2 Å². The highest BCUT2D eigenvalue weighted by molar-refractivity contribution is 7.91. The van der Waals surface area contributed by atoms with Crippen LogP contribution in [0.3, 0.4) is 0 Å². The second-order valence-electron chi connectivity index (χ2n) is 8.41. The van der Waals surface area contributed by atoms with E-state index in [0.717, 1.165) is 28.9 Å². The van der Waals surface area contributed by atoms with Gasteiger partial charge in [-0.15, -0.1) is 11.3 Å². The minimum absolute atomic E-state index is 0.208. The van der Waals surface area contributed by atoms with E-state index in [4.69, 9.17) is 9.72 Å². The van der Waals surface area contributed by atoms with E-state index in [1.807, 2.05) is 39.2 Å². The zero-order valence-corrected chi connectivity index (χ0v) is 22.1. The molecule has 4 rings (SSSR count). The Morgan fingerprint density at radius 3 is 2.79 bits per heavy atom. The molecule has 1 fully saturated rings. The van der Waals surface area contributed by atoms with Crippen molar-refractivity contribution in [2.45, 2.75) is 36.4 Å². The van der Waals surface area contributed by atoms with Gasteiger partial charge >= 0.3 is 0 Å². The number of fused-ring (bicyclic) bond motifs is 1. The first-order chi connectivity index (χ1) is 16.3. The average Bonchev–Trinajstić information content (AvgIpc) is 3.56. The molecule has 184 valence electrons. The van der Waals surface area contributed by atoms with Crippen molar-refractivity contribution in [1.82, 2.24) is 14.2 Å². The molecule has 0 aliphatic carbocycles. The maximum Gasteiger partial charge on any atom is 0.253 e. The number of nitrogens with zero attached hydrogens (tertiary/aromatic N) is 4. The minimum Gasteiger partial charge on any atom is -0.494 e. The first-order valence-corrected chi connectivity index (χ1v) is 14.5. The van der Waals surface area contributed by atoms with Crippen molar-refractivity contribution in [3.05, 3.63) is 35.7 Å². The molecular weight excluding hydrogens is 492 g/mol. The highest BCUT2D eigenvalue weighted by atomic mass is 32.2. The molecule has 3 aromatic rings. The molecule has 0 saturated carbocycles. The van der Waals surface area contributed by atoms with E-state index in [-0.39, 0.29) is 10.1 Å². The predicted octanol–water partition coefficient (Wildman–Crippen LogP) is 3.89. The number of carbonyl (C=O) groups is 1. The largest absolute Gasteiger partial charge is 0.494 e. The van der Waals surface area contributed by atoms with Crippen LogP contribution >= 0.6 is 22.7 Å². The molecule has 1 atom stereocenters. The second kappa shape index (κ2) is 10.7. The number of rotatable bonds is 10. The van der Waals surface area contributed by atoms with Crippen LogP contribution < -0.4 is 9.64 Å². The van der Waals surface area contributed by atoms with Crippen molar-refractivity contribution in [2.24, 2.45) is 0 Å². The normalized spacial score (nSPS) is 17.0. The van der Waals surface area contributed by atoms with Gasteiger partial charge in [-0.25, -0.2) is 13.4 Å². The van der Waals surface area contributed by atoms with Crippen molar-refractivity contribution in [2.75, 3.05) is 45.2 Å². The van der Waals surface area contributed by atoms with Gasteiger partial charge in [0.15, 0.2) is 5.13 Å². The number of hydrogen-bond acceptors (Lipinski definition) is 8. The Morgan fingerprint density at radius 2 is 2.09 bits per heavy atom. The third-order valence-corrected chi connectivity index (χ3v) is 10.0. The summed E-state index contributed by atoms with van der Waals surface area (Å²) in [6.07, 6.45) is 1.92. The van der Waals surface area contributed by atoms with Crippen molar-refractivity contribution in [1.29, 1.82) is 0 Å². The fourth-order valence-corrected chi connectivity index (χ4v) is 7.89. The van der Waals surface area contributed by atoms with Crippen molar-refractivity contribution in [3.63, 3.8) is 0 Å². The topological polar surface area (TPSA) is 83.1 Å². The zero-order chi connectivity index (χ0) is 24.3. The summed E-state index contributed by atoms with van der Waals surface area (Å²) >= 11 is 2.61. The summed E-state index contributed by atoms with van der Waals surface area (Å²) < 4.78 is 34.7. The minimum atomic E-state index is -3.71. The van der Waals surface area contributed by atoms with Crippen LogP contribution in [-0.2, 0) is 14.8 Å². The highest BCUT2D eigenvalue weighted by Crippen LogP contribution is 2.34. The van der Waals surface area contributed by atoms with Crippen LogP contribution in [0.25, 0.3) is 10.2 Å². The highest BCUT2D eigenvalue weighted by Gasteiger charge is 2.42. The smallest absolute Gasteiger partial charge is 0.253 e. The molecule has 2 aromatic heterocycles. The molecule has 1 saturated heterocycles. The van der Waals surface area contributed by atoms with Crippen LogP contribution in [0.5, 0.6) is 5.75 Å². The van der Waals surface area contributed by atoms with Crippen LogP contribution in [0.1, 0.15) is 26.2 Å². The summed E-state index contributed by atoms with van der Waals surface area (Å²) in [5.74, 6) is 0.556. The van der Waals surface area contributed by atoms with E-state index < -0.39 is 16.1 Å². The van der Waals surface area contributed by atoms with Gasteiger partial charge in [0.1, 0.15) is 16.0 Å². The van der Waals surface area contributed by atoms with Gasteiger partial charge in [-0.3, -0.25) is 9.69 Å². The molecule has 0 radical (unpaired) electrons. The van der Waals surface area contributed by atoms with Crippen molar-refractivity contribution in [3.8, 4) is 5.75 Å². The maximum absolute atomic E-state index is 13.8. The molecule has 8 nitrogen and oxygen atoms in total. The van der Waals surface area contributed by atoms with Crippen molar-refractivity contribution >= 4 is 54.0 Å². The first kappa shape index (κ1) is 25.1. The monoisotopic (exact) mass is 522 g/mol. The average molecular weight is 523 g/mol. The third-order valence-electron chi connectivity index (χ3n) is 5.69. The van der Waals surface area contributed by atoms with Crippen LogP contribution in [-0.4, -0.2) is 74.9 Å². The van der Waals surface area contributed by atoms with E-state index in [2.05, 4.69) is 4.90 Å². The zero-order valence-electron chi connectivity index (χ0n) is 19.6. The van der Waals surface area contributed by atoms with E-state index >= 15 is 0 Å². The number of ether oxygens (including phenoxy) is 1. The van der Waals surface area contributed by atoms with Gasteiger partial charge in [0.05, 0.1) is 16.8 Å². The quantitative estimate of drug-likeness (QED) is 0.402. The van der Waals surface area contributed by atoms with Gasteiger partial charge in [0, 0.05) is 13.1 Å². The fourth-order valence-electron chi connectivity index (χ4n) is 4.09. The molecule has 3 heterocycles. The Kier molecular flexibility index (Phi) is 7.88. The van der Waals surface area contributed by atoms with Gasteiger partial charge in [-0.05, 0) is 76.5 Å². The number of carbonyl (C=O) groups excluding carboxylic acids is 1. The van der Waals surface area contributed by atoms with Crippen LogP contribution in [0.15, 0.2) is 39.9 Å². The number of hydrogen-bond donors (Lipinski definition) is 0. The molecule has 34 heavy (non-hydrogen) atoms. The van der Waals surface area contributed by atoms with Gasteiger partial charge in [0.2, 0.25) is 5.91 Å². The molecule has 0 N–H and O–H groups in total. The molecular formula is C23H30N4O4S3. The molecule has 0 bridgehead atoms. The van der Waals surface area contributed by atoms with Crippen molar-refractivity contribution < 1.29 is 17.9 Å². The summed E-state index contributed by atoms with van der Waals surface area (Å²) in [5, 5.41) is 2.33. The summed E-state index contributed by atoms with van der Waals surface area (Å²) in [6, 6.07) is 8.29. The van der Waals surface area contributed by atoms with E-state index in [1.165, 1.54) is 27.0 Å². The lowest BCUT2D eigenvalue weighted by Crippen LogP contribution is -2.48. The standard InChI is InChI=1S/C23H30N4O4S3/c1-4-31-17-10-11-18-20(16-17)33-23(24-18)26(13-7-12-25(2)3)22(28)19-8-5-14-27(19)34(29,30)21-9-6-15-32-21/h6,9-11,15-16,19H,4-5,7-8,12-14H2,1-3H3. The van der Waals surface area contributed by atoms with Crippen LogP contribution in [0, 0.1) is 0 Å². The molecule has 0 spiro atoms. The van der Waals surface area contributed by atoms with E-state index in [1.54, 1.807) is 22.4 Å². The Bertz CT molecular complexity index is 1220. The van der Waals surface area contributed by atoms with Gasteiger partial charge in [-0.1, -0.05) is 17.4 Å². The molecule has 1 amide bonds. The Hall–Kier alpha value is -2.05. The number of benzene rings is 1. The van der Waals surface area contributed by atoms with Gasteiger partial charge < -0.3 is 9.64 Å². The molecule has 1 aliphatic heterocycles. The predicted molar refractivity (Wildman–Crippen MR) is 138 cm³/mol. The first-order valence-electron chi connectivity index (χ1n) is 11.4. The molecule has 1 unspecified atom stereocenters. The number of amides is 1. The second-order valence-corrected chi connectivity index (χ2v) is 12.5. The molecule has 1 aliphatic rings. The number of thiophene rings is 1. The summed E-state index contributed by atoms with van der Waals surface area (Å²) in [5.41, 5.74) is 0.795. The Morgan fingerprint density at radius 1 is 1.26 bits per heavy atom. The fraction of sp³-hybridized carbons (Fsp3) is 0.478. The SMILES string of the molecule is CCOc1ccc2nc(N(CCCN(C)C)C(=O)C3CCCN3S(=O)(=O)c3cccs3)sc2c1. The number of anilines is 1. The van der Waals surface area contributed by atoms with Crippen LogP contribution in [0.2, 0.25) is 0 Å². The number of aromatic nitrogens is 1. The number of thiazole rings is 1. The summed E-state index contributed by atoms with van der Waals surface area (Å²) in [4.78, 5) is 22.3. The van der Waals surface area contributed by atoms with Gasteiger partial charge in [-0.2, -0.15) is 4.31 Å². The molecule has 11 heteroatoms. The Labute approximate surface area is 208 Å². The third kappa shape index (κ3) is 5.28.